The standard InChI is InChI=1S/C20H16ClN5O/c1-27-18-8-7-13(10-17(18)21)9-14(11-22)19-16(12-23)20(24)26(25-19)15-5-3-2-4-6-15/h2-10,16,20H,24H2,1H3/b14-9+/t16-,20+/m1/s1. The summed E-state index contributed by atoms with van der Waals surface area (Å²) in [5.41, 5.74) is 8.27. The van der Waals surface area contributed by atoms with E-state index in [9.17, 15) is 10.5 Å². The third kappa shape index (κ3) is 3.63. The monoisotopic (exact) mass is 377 g/mol. The molecule has 1 heterocycles. The van der Waals surface area contributed by atoms with Gasteiger partial charge < -0.3 is 10.5 Å². The first-order chi connectivity index (χ1) is 13.1. The van der Waals surface area contributed by atoms with E-state index in [2.05, 4.69) is 17.2 Å². The van der Waals surface area contributed by atoms with Crippen LogP contribution in [0.5, 0.6) is 5.75 Å². The van der Waals surface area contributed by atoms with Gasteiger partial charge in [0.25, 0.3) is 0 Å². The van der Waals surface area contributed by atoms with Crippen LogP contribution in [0, 0.1) is 28.6 Å². The van der Waals surface area contributed by atoms with Crippen LogP contribution < -0.4 is 15.5 Å². The molecule has 27 heavy (non-hydrogen) atoms. The summed E-state index contributed by atoms with van der Waals surface area (Å²) in [5, 5.41) is 25.7. The van der Waals surface area contributed by atoms with Crippen LogP contribution in [0.15, 0.2) is 59.2 Å². The molecule has 3 rings (SSSR count). The van der Waals surface area contributed by atoms with Gasteiger partial charge in [0, 0.05) is 0 Å². The number of anilines is 1. The predicted molar refractivity (Wildman–Crippen MR) is 105 cm³/mol. The highest BCUT2D eigenvalue weighted by Gasteiger charge is 2.37. The summed E-state index contributed by atoms with van der Waals surface area (Å²) >= 11 is 6.15. The van der Waals surface area contributed by atoms with Gasteiger partial charge in [0.1, 0.15) is 23.9 Å². The summed E-state index contributed by atoms with van der Waals surface area (Å²) in [4.78, 5) is 0. The average molecular weight is 378 g/mol. The Labute approximate surface area is 162 Å². The number of hydrazone groups is 1. The number of nitrogens with two attached hydrogens (primary N) is 1. The van der Waals surface area contributed by atoms with Crippen molar-refractivity contribution in [1.29, 1.82) is 10.5 Å². The van der Waals surface area contributed by atoms with Gasteiger partial charge in [-0.05, 0) is 35.9 Å². The lowest BCUT2D eigenvalue weighted by atomic mass is 9.95. The largest absolute Gasteiger partial charge is 0.495 e. The number of halogens is 1. The van der Waals surface area contributed by atoms with E-state index in [-0.39, 0.29) is 5.57 Å². The number of rotatable bonds is 4. The van der Waals surface area contributed by atoms with E-state index in [1.165, 1.54) is 7.11 Å². The summed E-state index contributed by atoms with van der Waals surface area (Å²) in [6, 6.07) is 18.7. The number of hydrogen-bond donors (Lipinski definition) is 1. The molecule has 2 N–H and O–H groups in total. The third-order valence-corrected chi connectivity index (χ3v) is 4.47. The smallest absolute Gasteiger partial charge is 0.137 e. The molecule has 0 saturated carbocycles. The van der Waals surface area contributed by atoms with Gasteiger partial charge in [-0.25, -0.2) is 5.01 Å². The van der Waals surface area contributed by atoms with Crippen molar-refractivity contribution in [2.24, 2.45) is 16.8 Å². The fourth-order valence-electron chi connectivity index (χ4n) is 2.82. The lowest BCUT2D eigenvalue weighted by Crippen LogP contribution is -2.40. The Kier molecular flexibility index (Phi) is 5.42. The molecule has 2 aromatic rings. The molecule has 0 saturated heterocycles. The Hall–Kier alpha value is -3.32. The van der Waals surface area contributed by atoms with Crippen molar-refractivity contribution in [3.63, 3.8) is 0 Å². The number of nitriles is 2. The number of methoxy groups -OCH3 is 1. The Morgan fingerprint density at radius 3 is 2.59 bits per heavy atom. The molecule has 0 radical (unpaired) electrons. The number of nitrogens with zero attached hydrogens (tertiary/aromatic N) is 4. The first-order valence-electron chi connectivity index (χ1n) is 8.12. The molecule has 0 unspecified atom stereocenters. The molecule has 0 spiro atoms. The van der Waals surface area contributed by atoms with Gasteiger partial charge in [-0.3, -0.25) is 0 Å². The van der Waals surface area contributed by atoms with E-state index in [4.69, 9.17) is 22.1 Å². The number of allylic oxidation sites excluding steroid dienone is 1. The lowest BCUT2D eigenvalue weighted by Gasteiger charge is -2.21. The summed E-state index contributed by atoms with van der Waals surface area (Å²) in [7, 11) is 1.53. The summed E-state index contributed by atoms with van der Waals surface area (Å²) in [6.07, 6.45) is 0.957. The molecule has 0 aromatic heterocycles. The molecule has 0 aliphatic carbocycles. The predicted octanol–water partition coefficient (Wildman–Crippen LogP) is 3.56. The van der Waals surface area contributed by atoms with Gasteiger partial charge in [-0.2, -0.15) is 15.6 Å². The van der Waals surface area contributed by atoms with Gasteiger partial charge >= 0.3 is 0 Å². The van der Waals surface area contributed by atoms with Crippen LogP contribution in [0.25, 0.3) is 6.08 Å². The number of hydrogen-bond acceptors (Lipinski definition) is 6. The second-order valence-electron chi connectivity index (χ2n) is 5.83. The van der Waals surface area contributed by atoms with Crippen LogP contribution >= 0.6 is 11.6 Å². The van der Waals surface area contributed by atoms with Crippen LogP contribution in [-0.2, 0) is 0 Å². The minimum atomic E-state index is -0.732. The van der Waals surface area contributed by atoms with Crippen LogP contribution in [0.1, 0.15) is 5.56 Å². The highest BCUT2D eigenvalue weighted by atomic mass is 35.5. The van der Waals surface area contributed by atoms with Gasteiger partial charge in [-0.1, -0.05) is 35.9 Å². The Balaban J connectivity index is 2.02. The van der Waals surface area contributed by atoms with E-state index in [1.807, 2.05) is 30.3 Å². The summed E-state index contributed by atoms with van der Waals surface area (Å²) < 4.78 is 5.14. The van der Waals surface area contributed by atoms with Gasteiger partial charge in [0.15, 0.2) is 0 Å². The van der Waals surface area contributed by atoms with Crippen LogP contribution in [0.3, 0.4) is 0 Å². The zero-order chi connectivity index (χ0) is 19.4. The maximum atomic E-state index is 9.65. The van der Waals surface area contributed by atoms with Crippen molar-refractivity contribution in [2.75, 3.05) is 12.1 Å². The summed E-state index contributed by atoms with van der Waals surface area (Å²) in [5.74, 6) is -0.192. The minimum Gasteiger partial charge on any atom is -0.495 e. The molecule has 1 aliphatic heterocycles. The normalized spacial score (nSPS) is 19.2. The van der Waals surface area contributed by atoms with Crippen molar-refractivity contribution in [3.8, 4) is 17.9 Å². The van der Waals surface area contributed by atoms with E-state index in [0.717, 1.165) is 5.69 Å². The van der Waals surface area contributed by atoms with Gasteiger partial charge in [-0.15, -0.1) is 0 Å². The number of ether oxygens (including phenoxy) is 1. The van der Waals surface area contributed by atoms with Gasteiger partial charge in [0.05, 0.1) is 35.2 Å². The molecule has 2 atom stereocenters. The van der Waals surface area contributed by atoms with E-state index in [0.29, 0.717) is 22.0 Å². The highest BCUT2D eigenvalue weighted by Crippen LogP contribution is 2.30. The molecule has 0 bridgehead atoms. The van der Waals surface area contributed by atoms with Crippen molar-refractivity contribution >= 4 is 29.1 Å². The molecule has 1 aliphatic rings. The average Bonchev–Trinajstić information content (AvgIpc) is 3.03. The maximum Gasteiger partial charge on any atom is 0.137 e. The topological polar surface area (TPSA) is 98.4 Å². The lowest BCUT2D eigenvalue weighted by molar-refractivity contribution is 0.415. The van der Waals surface area contributed by atoms with Crippen molar-refractivity contribution in [3.05, 3.63) is 64.7 Å². The fourth-order valence-corrected chi connectivity index (χ4v) is 3.09. The van der Waals surface area contributed by atoms with Crippen LogP contribution in [-0.4, -0.2) is 19.0 Å². The Morgan fingerprint density at radius 1 is 1.26 bits per heavy atom. The van der Waals surface area contributed by atoms with Gasteiger partial charge in [0.2, 0.25) is 0 Å². The van der Waals surface area contributed by atoms with Crippen LogP contribution in [0.2, 0.25) is 5.02 Å². The molecule has 0 amide bonds. The molecule has 0 fully saturated rings. The van der Waals surface area contributed by atoms with Crippen molar-refractivity contribution in [1.82, 2.24) is 0 Å². The molecular formula is C20H16ClN5O. The molecule has 2 aromatic carbocycles. The molecular weight excluding hydrogens is 362 g/mol. The Bertz CT molecular complexity index is 988. The minimum absolute atomic E-state index is 0.261. The zero-order valence-corrected chi connectivity index (χ0v) is 15.3. The van der Waals surface area contributed by atoms with E-state index < -0.39 is 12.1 Å². The number of benzene rings is 2. The second-order valence-corrected chi connectivity index (χ2v) is 6.23. The molecule has 134 valence electrons. The van der Waals surface area contributed by atoms with Crippen molar-refractivity contribution < 1.29 is 4.74 Å². The first kappa shape index (κ1) is 18.5. The second kappa shape index (κ2) is 7.92. The van der Waals surface area contributed by atoms with Crippen LogP contribution in [0.4, 0.5) is 5.69 Å². The fraction of sp³-hybridized carbons (Fsp3) is 0.150. The van der Waals surface area contributed by atoms with E-state index >= 15 is 0 Å². The van der Waals surface area contributed by atoms with Crippen molar-refractivity contribution in [2.45, 2.75) is 6.17 Å². The molecule has 7 heteroatoms. The Morgan fingerprint density at radius 2 is 2.00 bits per heavy atom. The quantitative estimate of drug-likeness (QED) is 0.821. The zero-order valence-electron chi connectivity index (χ0n) is 14.5. The maximum absolute atomic E-state index is 9.65. The third-order valence-electron chi connectivity index (χ3n) is 4.18. The SMILES string of the molecule is COc1ccc(/C=C(\C#N)C2=NN(c3ccccc3)[C@H](N)[C@@H]2C#N)cc1Cl. The molecule has 6 nitrogen and oxygen atoms in total. The highest BCUT2D eigenvalue weighted by molar-refractivity contribution is 6.32. The summed E-state index contributed by atoms with van der Waals surface area (Å²) in [6.45, 7) is 0. The van der Waals surface area contributed by atoms with E-state index in [1.54, 1.807) is 29.3 Å². The number of para-hydroxylation sites is 1. The first-order valence-corrected chi connectivity index (χ1v) is 8.50.